The summed E-state index contributed by atoms with van der Waals surface area (Å²) in [6, 6.07) is 0. The molecule has 0 amide bonds. The lowest BCUT2D eigenvalue weighted by Crippen LogP contribution is -2.17. The van der Waals surface area contributed by atoms with Crippen LogP contribution in [0, 0.1) is 0 Å². The van der Waals surface area contributed by atoms with E-state index in [0.717, 1.165) is 0 Å². The van der Waals surface area contributed by atoms with Crippen molar-refractivity contribution in [2.75, 3.05) is 13.1 Å². The lowest BCUT2D eigenvalue weighted by Gasteiger charge is -2.00. The van der Waals surface area contributed by atoms with Crippen molar-refractivity contribution in [3.63, 3.8) is 0 Å². The van der Waals surface area contributed by atoms with Crippen molar-refractivity contribution in [1.29, 1.82) is 0 Å². The van der Waals surface area contributed by atoms with Crippen LogP contribution in [-0.4, -0.2) is 24.3 Å². The Hall–Kier alpha value is -0.120. The summed E-state index contributed by atoms with van der Waals surface area (Å²) in [6.07, 6.45) is -0.138. The molecule has 3 heteroatoms. The standard InChI is InChI=1S/C4H10N2O/c5-2-1-4(7)3-6/h4,7H,1-3,5H2. The summed E-state index contributed by atoms with van der Waals surface area (Å²) in [5.74, 6) is 0. The normalized spacial score (nSPS) is 14.1. The molecule has 3 N–H and O–H groups in total. The van der Waals surface area contributed by atoms with E-state index in [-0.39, 0.29) is 6.54 Å². The molecule has 7 heavy (non-hydrogen) atoms. The van der Waals surface area contributed by atoms with Gasteiger partial charge in [-0.3, -0.25) is 0 Å². The quantitative estimate of drug-likeness (QED) is 0.468. The zero-order valence-corrected chi connectivity index (χ0v) is 4.17. The Morgan fingerprint density at radius 3 is 2.43 bits per heavy atom. The van der Waals surface area contributed by atoms with Crippen LogP contribution in [0.25, 0.3) is 0 Å². The fraction of sp³-hybridized carbons (Fsp3) is 1.00. The predicted molar refractivity (Wildman–Crippen MR) is 26.7 cm³/mol. The average molecular weight is 102 g/mol. The van der Waals surface area contributed by atoms with Crippen LogP contribution in [0.5, 0.6) is 0 Å². The third kappa shape index (κ3) is 3.72. The number of nitrogens with two attached hydrogens (primary N) is 1. The van der Waals surface area contributed by atoms with Crippen molar-refractivity contribution in [1.82, 2.24) is 5.73 Å². The van der Waals surface area contributed by atoms with Gasteiger partial charge in [0.05, 0.1) is 12.6 Å². The average Bonchev–Trinajstić information content (AvgIpc) is 1.68. The summed E-state index contributed by atoms with van der Waals surface area (Å²) in [5.41, 5.74) is 13.2. The van der Waals surface area contributed by atoms with Crippen LogP contribution in [0.2, 0.25) is 0 Å². The Kier molecular flexibility index (Phi) is 3.98. The van der Waals surface area contributed by atoms with E-state index < -0.39 is 6.10 Å². The summed E-state index contributed by atoms with van der Waals surface area (Å²) >= 11 is 0. The highest BCUT2D eigenvalue weighted by Gasteiger charge is 1.96. The maximum absolute atomic E-state index is 8.53. The van der Waals surface area contributed by atoms with Crippen LogP contribution >= 0.6 is 0 Å². The predicted octanol–water partition coefficient (Wildman–Crippen LogP) is -1.24. The Bertz CT molecular complexity index is 40.7. The van der Waals surface area contributed by atoms with Gasteiger partial charge in [0.1, 0.15) is 0 Å². The van der Waals surface area contributed by atoms with Gasteiger partial charge in [-0.25, -0.2) is 0 Å². The number of hydrogen-bond donors (Lipinski definition) is 2. The summed E-state index contributed by atoms with van der Waals surface area (Å²) in [5, 5.41) is 8.53. The minimum absolute atomic E-state index is 0.183. The molecule has 1 unspecified atom stereocenters. The van der Waals surface area contributed by atoms with Gasteiger partial charge < -0.3 is 10.8 Å². The molecule has 0 aliphatic heterocycles. The molecule has 0 bridgehead atoms. The van der Waals surface area contributed by atoms with E-state index in [2.05, 4.69) is 0 Å². The van der Waals surface area contributed by atoms with Crippen molar-refractivity contribution in [2.45, 2.75) is 12.5 Å². The highest BCUT2D eigenvalue weighted by molar-refractivity contribution is 4.53. The van der Waals surface area contributed by atoms with E-state index in [9.17, 15) is 0 Å². The number of rotatable bonds is 3. The zero-order valence-electron chi connectivity index (χ0n) is 4.17. The molecule has 0 aliphatic carbocycles. The number of hydrogen-bond acceptors (Lipinski definition) is 2. The molecule has 0 aromatic heterocycles. The Labute approximate surface area is 43.3 Å². The monoisotopic (exact) mass is 102 g/mol. The zero-order chi connectivity index (χ0) is 5.70. The fourth-order valence-electron chi connectivity index (χ4n) is 0.284. The van der Waals surface area contributed by atoms with Gasteiger partial charge in [0.25, 0.3) is 0 Å². The number of nitrogens with zero attached hydrogens (tertiary/aromatic N) is 1. The molecule has 0 saturated heterocycles. The fourth-order valence-corrected chi connectivity index (χ4v) is 0.284. The van der Waals surface area contributed by atoms with E-state index in [1.54, 1.807) is 0 Å². The van der Waals surface area contributed by atoms with Gasteiger partial charge in [-0.1, -0.05) is 0 Å². The second-order valence-electron chi connectivity index (χ2n) is 1.41. The summed E-state index contributed by atoms with van der Waals surface area (Å²) in [6.45, 7) is 0.249. The van der Waals surface area contributed by atoms with Gasteiger partial charge in [0.15, 0.2) is 0 Å². The molecule has 0 spiro atoms. The van der Waals surface area contributed by atoms with Gasteiger partial charge in [-0.15, -0.1) is 5.73 Å². The van der Waals surface area contributed by atoms with E-state index in [4.69, 9.17) is 16.6 Å². The molecule has 0 aromatic carbocycles. The first-order valence-electron chi connectivity index (χ1n) is 2.30. The first-order chi connectivity index (χ1) is 3.31. The number of aliphatic hydroxyl groups is 1. The SMILES string of the molecule is [N]CC(O)CCN. The van der Waals surface area contributed by atoms with Gasteiger partial charge in [-0.05, 0) is 13.0 Å². The minimum atomic E-state index is -0.620. The van der Waals surface area contributed by atoms with Crippen molar-refractivity contribution < 1.29 is 5.11 Å². The van der Waals surface area contributed by atoms with Gasteiger partial charge in [0, 0.05) is 0 Å². The maximum atomic E-state index is 8.53. The van der Waals surface area contributed by atoms with Crippen LogP contribution in [0.4, 0.5) is 0 Å². The Balaban J connectivity index is 2.83. The molecule has 0 aromatic rings. The smallest absolute Gasteiger partial charge is 0.0709 e. The Morgan fingerprint density at radius 1 is 1.71 bits per heavy atom. The van der Waals surface area contributed by atoms with Crippen LogP contribution in [0.15, 0.2) is 0 Å². The van der Waals surface area contributed by atoms with E-state index in [0.29, 0.717) is 13.0 Å². The van der Waals surface area contributed by atoms with Gasteiger partial charge >= 0.3 is 0 Å². The molecule has 3 nitrogen and oxygen atoms in total. The second-order valence-corrected chi connectivity index (χ2v) is 1.41. The maximum Gasteiger partial charge on any atom is 0.0709 e. The summed E-state index contributed by atoms with van der Waals surface area (Å²) in [7, 11) is 0. The molecule has 42 valence electrons. The van der Waals surface area contributed by atoms with Crippen molar-refractivity contribution in [3.8, 4) is 0 Å². The molecule has 0 heterocycles. The van der Waals surface area contributed by atoms with Crippen LogP contribution in [0.1, 0.15) is 6.42 Å². The minimum Gasteiger partial charge on any atom is -0.392 e. The van der Waals surface area contributed by atoms with Crippen molar-refractivity contribution in [2.24, 2.45) is 5.73 Å². The largest absolute Gasteiger partial charge is 0.392 e. The second kappa shape index (κ2) is 4.05. The van der Waals surface area contributed by atoms with E-state index >= 15 is 0 Å². The molecule has 0 rings (SSSR count). The van der Waals surface area contributed by atoms with Crippen molar-refractivity contribution in [3.05, 3.63) is 0 Å². The summed E-state index contributed by atoms with van der Waals surface area (Å²) < 4.78 is 0. The van der Waals surface area contributed by atoms with Crippen LogP contribution in [0.3, 0.4) is 0 Å². The number of aliphatic hydroxyl groups excluding tert-OH is 1. The molecule has 2 radical (unpaired) electrons. The summed E-state index contributed by atoms with van der Waals surface area (Å²) in [4.78, 5) is 0. The molecular formula is C4H10N2O. The molecule has 0 saturated carbocycles. The molecule has 1 atom stereocenters. The van der Waals surface area contributed by atoms with Crippen molar-refractivity contribution >= 4 is 0 Å². The van der Waals surface area contributed by atoms with Gasteiger partial charge in [0.2, 0.25) is 0 Å². The lowest BCUT2D eigenvalue weighted by atomic mass is 10.3. The van der Waals surface area contributed by atoms with E-state index in [1.165, 1.54) is 0 Å². The third-order valence-electron chi connectivity index (χ3n) is 0.711. The Morgan fingerprint density at radius 2 is 2.29 bits per heavy atom. The molecule has 0 fully saturated rings. The topological polar surface area (TPSA) is 68.5 Å². The lowest BCUT2D eigenvalue weighted by molar-refractivity contribution is 0.174. The van der Waals surface area contributed by atoms with Gasteiger partial charge in [-0.2, -0.15) is 0 Å². The van der Waals surface area contributed by atoms with E-state index in [1.807, 2.05) is 0 Å². The first kappa shape index (κ1) is 6.88. The highest BCUT2D eigenvalue weighted by Crippen LogP contribution is 1.82. The van der Waals surface area contributed by atoms with Crippen LogP contribution < -0.4 is 11.5 Å². The molecule has 0 aliphatic rings. The highest BCUT2D eigenvalue weighted by atomic mass is 16.3. The first-order valence-corrected chi connectivity index (χ1v) is 2.30. The van der Waals surface area contributed by atoms with Crippen LogP contribution in [-0.2, 0) is 0 Å². The molecular weight excluding hydrogens is 92.1 g/mol. The third-order valence-corrected chi connectivity index (χ3v) is 0.711.